The molecule has 4 aliphatic heterocycles. The van der Waals surface area contributed by atoms with Crippen molar-refractivity contribution < 1.29 is 23.0 Å². The number of carbonyl (C=O) groups is 1. The Balaban J connectivity index is 1.18. The number of nitrogen functional groups attached to an aromatic ring is 1. The number of hydrogen-bond acceptors (Lipinski definition) is 9. The van der Waals surface area contributed by atoms with Gasteiger partial charge in [0.1, 0.15) is 24.2 Å². The molecule has 5 aliphatic rings. The maximum atomic E-state index is 15.9. The standard InChI is InChI=1S/C35H44F2N8O3/c1-21-13-26(38)30(37)29-24(21)7-4-9-35(29)16-28-25(19-48-35)31(40-33(39-28)47-20-34-8-5-11-44(34)17-22(36)15-34)43-10-6-12-45-23(18-43)14-27(41-45)32(46)42(2)3/h13-14,22H,4-12,15-20,38H2,1-3H3/t22-,34+,35?/m1/s1. The van der Waals surface area contributed by atoms with Gasteiger partial charge in [0.2, 0.25) is 0 Å². The average Bonchev–Trinajstić information content (AvgIpc) is 3.68. The highest BCUT2D eigenvalue weighted by Gasteiger charge is 2.50. The lowest BCUT2D eigenvalue weighted by molar-refractivity contribution is -0.0877. The second kappa shape index (κ2) is 11.6. The Morgan fingerprint density at radius 1 is 1.15 bits per heavy atom. The summed E-state index contributed by atoms with van der Waals surface area (Å²) < 4.78 is 45.6. The van der Waals surface area contributed by atoms with Crippen molar-refractivity contribution >= 4 is 17.4 Å². The predicted molar refractivity (Wildman–Crippen MR) is 175 cm³/mol. The molecule has 2 N–H and O–H groups in total. The lowest BCUT2D eigenvalue weighted by Crippen LogP contribution is -2.44. The second-order valence-electron chi connectivity index (χ2n) is 14.6. The molecular formula is C35H44F2N8O3. The van der Waals surface area contributed by atoms with Crippen LogP contribution >= 0.6 is 0 Å². The Hall–Kier alpha value is -3.84. The van der Waals surface area contributed by atoms with E-state index in [1.807, 2.05) is 17.7 Å². The van der Waals surface area contributed by atoms with Crippen molar-refractivity contribution in [1.82, 2.24) is 29.5 Å². The van der Waals surface area contributed by atoms with Crippen molar-refractivity contribution in [3.63, 3.8) is 0 Å². The van der Waals surface area contributed by atoms with E-state index in [9.17, 15) is 9.18 Å². The molecule has 2 saturated heterocycles. The molecule has 1 aliphatic carbocycles. The molecule has 256 valence electrons. The van der Waals surface area contributed by atoms with Crippen LogP contribution in [-0.2, 0) is 42.9 Å². The number of aromatic nitrogens is 4. The van der Waals surface area contributed by atoms with Gasteiger partial charge >= 0.3 is 6.01 Å². The van der Waals surface area contributed by atoms with Crippen molar-refractivity contribution in [2.45, 2.75) is 95.3 Å². The van der Waals surface area contributed by atoms with Gasteiger partial charge in [-0.05, 0) is 75.3 Å². The van der Waals surface area contributed by atoms with Crippen LogP contribution in [0.4, 0.5) is 20.3 Å². The fraction of sp³-hybridized carbons (Fsp3) is 0.600. The van der Waals surface area contributed by atoms with Crippen LogP contribution in [0.5, 0.6) is 6.01 Å². The van der Waals surface area contributed by atoms with Gasteiger partial charge in [0, 0.05) is 57.7 Å². The van der Waals surface area contributed by atoms with E-state index in [2.05, 4.69) is 14.9 Å². The molecule has 0 bridgehead atoms. The molecule has 3 aromatic rings. The lowest BCUT2D eigenvalue weighted by Gasteiger charge is -2.43. The van der Waals surface area contributed by atoms with Gasteiger partial charge in [0.15, 0.2) is 11.5 Å². The first-order valence-corrected chi connectivity index (χ1v) is 17.2. The lowest BCUT2D eigenvalue weighted by atomic mass is 9.73. The van der Waals surface area contributed by atoms with Crippen molar-refractivity contribution in [2.75, 3.05) is 51.0 Å². The van der Waals surface area contributed by atoms with Gasteiger partial charge in [-0.1, -0.05) is 0 Å². The van der Waals surface area contributed by atoms with Crippen molar-refractivity contribution in [1.29, 1.82) is 0 Å². The molecule has 2 fully saturated rings. The predicted octanol–water partition coefficient (Wildman–Crippen LogP) is 4.07. The summed E-state index contributed by atoms with van der Waals surface area (Å²) in [4.78, 5) is 28.7. The number of alkyl halides is 1. The molecule has 0 radical (unpaired) electrons. The summed E-state index contributed by atoms with van der Waals surface area (Å²) in [6, 6.07) is 3.81. The molecule has 11 nitrogen and oxygen atoms in total. The van der Waals surface area contributed by atoms with Crippen molar-refractivity contribution in [3.8, 4) is 6.01 Å². The molecule has 1 aromatic carbocycles. The SMILES string of the molecule is Cc1cc(N)c(F)c2c1CCCC21Cc2nc(OC[C@@]34CCCN3C[C@H](F)C4)nc(N3CCCn4nc(C(=O)N(C)C)cc4C3)c2CO1. The number of halogens is 2. The van der Waals surface area contributed by atoms with Gasteiger partial charge in [-0.3, -0.25) is 14.4 Å². The Morgan fingerprint density at radius 3 is 2.83 bits per heavy atom. The maximum absolute atomic E-state index is 15.9. The highest BCUT2D eigenvalue weighted by molar-refractivity contribution is 5.92. The van der Waals surface area contributed by atoms with E-state index in [0.29, 0.717) is 69.1 Å². The van der Waals surface area contributed by atoms with Crippen LogP contribution in [0.25, 0.3) is 0 Å². The molecular weight excluding hydrogens is 618 g/mol. The summed E-state index contributed by atoms with van der Waals surface area (Å²) in [7, 11) is 3.44. The fourth-order valence-electron chi connectivity index (χ4n) is 8.92. The molecule has 6 heterocycles. The molecule has 13 heteroatoms. The van der Waals surface area contributed by atoms with Gasteiger partial charge in [-0.2, -0.15) is 15.1 Å². The van der Waals surface area contributed by atoms with Crippen molar-refractivity contribution in [2.24, 2.45) is 0 Å². The van der Waals surface area contributed by atoms with Gasteiger partial charge < -0.3 is 25.0 Å². The summed E-state index contributed by atoms with van der Waals surface area (Å²) in [6.45, 7) is 5.65. The second-order valence-corrected chi connectivity index (χ2v) is 14.6. The summed E-state index contributed by atoms with van der Waals surface area (Å²) in [6.07, 6.45) is 4.90. The Kier molecular flexibility index (Phi) is 7.63. The van der Waals surface area contributed by atoms with Crippen LogP contribution in [0.15, 0.2) is 12.1 Å². The highest BCUT2D eigenvalue weighted by Crippen LogP contribution is 2.49. The first kappa shape index (κ1) is 31.4. The van der Waals surface area contributed by atoms with E-state index in [0.717, 1.165) is 66.7 Å². The minimum Gasteiger partial charge on any atom is -0.461 e. The van der Waals surface area contributed by atoms with E-state index in [1.54, 1.807) is 20.2 Å². The van der Waals surface area contributed by atoms with Crippen LogP contribution in [0.1, 0.15) is 82.7 Å². The number of amides is 1. The normalized spacial score (nSPS) is 26.5. The van der Waals surface area contributed by atoms with E-state index in [4.69, 9.17) is 25.2 Å². The van der Waals surface area contributed by atoms with Crippen LogP contribution in [0.2, 0.25) is 0 Å². The molecule has 2 aromatic heterocycles. The largest absolute Gasteiger partial charge is 0.461 e. The average molecular weight is 663 g/mol. The van der Waals surface area contributed by atoms with E-state index in [1.165, 1.54) is 4.90 Å². The smallest absolute Gasteiger partial charge is 0.318 e. The maximum Gasteiger partial charge on any atom is 0.318 e. The number of nitrogens with zero attached hydrogens (tertiary/aromatic N) is 7. The number of fused-ring (bicyclic) bond motifs is 5. The third-order valence-corrected chi connectivity index (χ3v) is 11.3. The number of nitrogens with two attached hydrogens (primary N) is 1. The molecule has 3 atom stereocenters. The minimum atomic E-state index is -0.902. The number of aryl methyl sites for hydroxylation is 2. The molecule has 48 heavy (non-hydrogen) atoms. The minimum absolute atomic E-state index is 0.130. The molecule has 8 rings (SSSR count). The highest BCUT2D eigenvalue weighted by atomic mass is 19.1. The zero-order valence-corrected chi connectivity index (χ0v) is 28.0. The summed E-state index contributed by atoms with van der Waals surface area (Å²) in [5.74, 6) is 0.154. The number of anilines is 2. The third kappa shape index (κ3) is 5.12. The van der Waals surface area contributed by atoms with E-state index < -0.39 is 17.6 Å². The topological polar surface area (TPSA) is 115 Å². The van der Waals surface area contributed by atoms with Gasteiger partial charge in [0.05, 0.1) is 35.8 Å². The number of rotatable bonds is 5. The van der Waals surface area contributed by atoms with Gasteiger partial charge in [0.25, 0.3) is 5.91 Å². The van der Waals surface area contributed by atoms with Crippen LogP contribution in [0.3, 0.4) is 0 Å². The fourth-order valence-corrected chi connectivity index (χ4v) is 8.92. The Labute approximate surface area is 279 Å². The zero-order valence-electron chi connectivity index (χ0n) is 28.0. The molecule has 1 spiro atoms. The number of benzene rings is 1. The summed E-state index contributed by atoms with van der Waals surface area (Å²) in [5, 5.41) is 4.61. The summed E-state index contributed by atoms with van der Waals surface area (Å²) in [5.41, 5.74) is 10.5. The quantitative estimate of drug-likeness (QED) is 0.404. The molecule has 1 amide bonds. The third-order valence-electron chi connectivity index (χ3n) is 11.3. The number of carbonyl (C=O) groups excluding carboxylic acids is 1. The molecule has 1 unspecified atom stereocenters. The van der Waals surface area contributed by atoms with E-state index in [-0.39, 0.29) is 29.8 Å². The van der Waals surface area contributed by atoms with Crippen LogP contribution in [-0.4, -0.2) is 87.5 Å². The monoisotopic (exact) mass is 662 g/mol. The van der Waals surface area contributed by atoms with Gasteiger partial charge in [-0.25, -0.2) is 8.78 Å². The zero-order chi connectivity index (χ0) is 33.4. The first-order chi connectivity index (χ1) is 23.1. The van der Waals surface area contributed by atoms with Crippen LogP contribution in [0, 0.1) is 12.7 Å². The Bertz CT molecular complexity index is 1780. The van der Waals surface area contributed by atoms with Crippen molar-refractivity contribution in [3.05, 3.63) is 57.3 Å². The molecule has 0 saturated carbocycles. The summed E-state index contributed by atoms with van der Waals surface area (Å²) >= 11 is 0. The van der Waals surface area contributed by atoms with Gasteiger partial charge in [-0.15, -0.1) is 0 Å². The number of ether oxygens (including phenoxy) is 2. The first-order valence-electron chi connectivity index (χ1n) is 17.2. The van der Waals surface area contributed by atoms with Crippen LogP contribution < -0.4 is 15.4 Å². The van der Waals surface area contributed by atoms with E-state index >= 15 is 4.39 Å². The Morgan fingerprint density at radius 2 is 2.00 bits per heavy atom. The number of hydrogen-bond donors (Lipinski definition) is 1.